The van der Waals surface area contributed by atoms with Crippen LogP contribution in [0.25, 0.3) is 0 Å². The Kier molecular flexibility index (Phi) is 10.6. The summed E-state index contributed by atoms with van der Waals surface area (Å²) in [5.74, 6) is 0. The summed E-state index contributed by atoms with van der Waals surface area (Å²) in [5, 5.41) is 0. The standard InChI is InChI=1S/C37H40O6/c1-5-13-28(14-6-1)23-38-27-33-34(39-24-29-15-7-2-8-16-29)35(40-25-30-17-9-3-10-18-30)36(37(43-33)42-32-21-22-32)41-26-31-19-11-4-12-20-31/h1-20,32-37H,21-27H2/t33-,34-,35+,36-,37+/m1/s1. The van der Waals surface area contributed by atoms with Crippen LogP contribution in [0.5, 0.6) is 0 Å². The molecule has 1 heterocycles. The predicted molar refractivity (Wildman–Crippen MR) is 164 cm³/mol. The first-order chi connectivity index (χ1) is 21.3. The van der Waals surface area contributed by atoms with E-state index in [1.807, 2.05) is 72.8 Å². The summed E-state index contributed by atoms with van der Waals surface area (Å²) >= 11 is 0. The molecule has 0 spiro atoms. The fourth-order valence-electron chi connectivity index (χ4n) is 5.25. The van der Waals surface area contributed by atoms with E-state index in [0.717, 1.165) is 35.1 Å². The number of rotatable bonds is 15. The predicted octanol–water partition coefficient (Wildman–Crippen LogP) is 6.86. The second-order valence-corrected chi connectivity index (χ2v) is 11.2. The van der Waals surface area contributed by atoms with Crippen LogP contribution in [0.1, 0.15) is 35.1 Å². The molecule has 2 fully saturated rings. The summed E-state index contributed by atoms with van der Waals surface area (Å²) in [5.41, 5.74) is 4.33. The molecule has 1 aliphatic heterocycles. The molecule has 1 aliphatic carbocycles. The molecule has 0 bridgehead atoms. The molecule has 1 saturated heterocycles. The summed E-state index contributed by atoms with van der Waals surface area (Å²) in [6.07, 6.45) is -0.262. The van der Waals surface area contributed by atoms with Crippen LogP contribution in [0.3, 0.4) is 0 Å². The van der Waals surface area contributed by atoms with E-state index in [2.05, 4.69) is 48.5 Å². The molecular weight excluding hydrogens is 540 g/mol. The van der Waals surface area contributed by atoms with E-state index in [0.29, 0.717) is 33.0 Å². The van der Waals surface area contributed by atoms with Gasteiger partial charge in [-0.3, -0.25) is 0 Å². The van der Waals surface area contributed by atoms with Gasteiger partial charge in [0.05, 0.1) is 39.1 Å². The lowest BCUT2D eigenvalue weighted by molar-refractivity contribution is -0.330. The van der Waals surface area contributed by atoms with E-state index in [1.54, 1.807) is 0 Å². The van der Waals surface area contributed by atoms with Crippen molar-refractivity contribution >= 4 is 0 Å². The van der Waals surface area contributed by atoms with Crippen molar-refractivity contribution in [3.8, 4) is 0 Å². The fraction of sp³-hybridized carbons (Fsp3) is 0.351. The minimum Gasteiger partial charge on any atom is -0.374 e. The van der Waals surface area contributed by atoms with Gasteiger partial charge in [0.15, 0.2) is 6.29 Å². The minimum atomic E-state index is -0.612. The van der Waals surface area contributed by atoms with Crippen LogP contribution in [0.2, 0.25) is 0 Å². The van der Waals surface area contributed by atoms with Crippen molar-refractivity contribution in [2.75, 3.05) is 6.61 Å². The normalized spacial score (nSPS) is 23.7. The zero-order valence-corrected chi connectivity index (χ0v) is 24.4. The van der Waals surface area contributed by atoms with Crippen LogP contribution < -0.4 is 0 Å². The van der Waals surface area contributed by atoms with Gasteiger partial charge in [-0.1, -0.05) is 121 Å². The molecule has 4 aromatic carbocycles. The zero-order valence-electron chi connectivity index (χ0n) is 24.4. The van der Waals surface area contributed by atoms with Gasteiger partial charge in [-0.25, -0.2) is 0 Å². The SMILES string of the molecule is c1ccc(COC[C@H]2O[C@H](OC3CC3)[C@H](OCc3ccccc3)[C@@H](OCc3ccccc3)[C@@H]2OCc2ccccc2)cc1. The Labute approximate surface area is 254 Å². The highest BCUT2D eigenvalue weighted by Gasteiger charge is 2.50. The van der Waals surface area contributed by atoms with Gasteiger partial charge in [-0.15, -0.1) is 0 Å². The molecule has 6 heteroatoms. The third-order valence-electron chi connectivity index (χ3n) is 7.69. The molecule has 6 nitrogen and oxygen atoms in total. The molecule has 0 amide bonds. The van der Waals surface area contributed by atoms with E-state index in [-0.39, 0.29) is 6.10 Å². The van der Waals surface area contributed by atoms with Crippen LogP contribution in [-0.2, 0) is 54.8 Å². The van der Waals surface area contributed by atoms with Gasteiger partial charge >= 0.3 is 0 Å². The maximum absolute atomic E-state index is 6.73. The van der Waals surface area contributed by atoms with Crippen LogP contribution in [0.15, 0.2) is 121 Å². The molecule has 6 rings (SSSR count). The van der Waals surface area contributed by atoms with E-state index in [1.165, 1.54) is 0 Å². The second kappa shape index (κ2) is 15.4. The molecule has 43 heavy (non-hydrogen) atoms. The molecule has 1 saturated carbocycles. The van der Waals surface area contributed by atoms with Gasteiger partial charge < -0.3 is 28.4 Å². The van der Waals surface area contributed by atoms with E-state index in [4.69, 9.17) is 28.4 Å². The molecule has 0 radical (unpaired) electrons. The van der Waals surface area contributed by atoms with Gasteiger partial charge in [0.25, 0.3) is 0 Å². The van der Waals surface area contributed by atoms with Crippen LogP contribution in [-0.4, -0.2) is 43.4 Å². The lowest BCUT2D eigenvalue weighted by Crippen LogP contribution is -2.62. The first-order valence-electron chi connectivity index (χ1n) is 15.2. The van der Waals surface area contributed by atoms with E-state index >= 15 is 0 Å². The molecule has 0 N–H and O–H groups in total. The lowest BCUT2D eigenvalue weighted by atomic mass is 9.97. The summed E-state index contributed by atoms with van der Waals surface area (Å²) in [4.78, 5) is 0. The summed E-state index contributed by atoms with van der Waals surface area (Å²) in [6.45, 7) is 2.04. The zero-order chi connectivity index (χ0) is 29.1. The summed E-state index contributed by atoms with van der Waals surface area (Å²) in [6, 6.07) is 40.7. The topological polar surface area (TPSA) is 55.4 Å². The Morgan fingerprint density at radius 3 is 1.37 bits per heavy atom. The first kappa shape index (κ1) is 29.7. The number of benzene rings is 4. The smallest absolute Gasteiger partial charge is 0.187 e. The van der Waals surface area contributed by atoms with Gasteiger partial charge in [0, 0.05) is 0 Å². The summed E-state index contributed by atoms with van der Waals surface area (Å²) in [7, 11) is 0. The maximum Gasteiger partial charge on any atom is 0.187 e. The van der Waals surface area contributed by atoms with E-state index in [9.17, 15) is 0 Å². The van der Waals surface area contributed by atoms with Gasteiger partial charge in [-0.05, 0) is 35.1 Å². The number of ether oxygens (including phenoxy) is 6. The number of hydrogen-bond donors (Lipinski definition) is 0. The Morgan fingerprint density at radius 2 is 0.907 bits per heavy atom. The van der Waals surface area contributed by atoms with Crippen molar-refractivity contribution < 1.29 is 28.4 Å². The highest BCUT2D eigenvalue weighted by molar-refractivity contribution is 5.16. The third-order valence-corrected chi connectivity index (χ3v) is 7.69. The summed E-state index contributed by atoms with van der Waals surface area (Å²) < 4.78 is 39.4. The van der Waals surface area contributed by atoms with Crippen molar-refractivity contribution in [2.45, 2.75) is 76.1 Å². The Hall–Kier alpha value is -3.36. The van der Waals surface area contributed by atoms with Crippen molar-refractivity contribution in [1.29, 1.82) is 0 Å². The highest BCUT2D eigenvalue weighted by atomic mass is 16.7. The molecule has 0 unspecified atom stereocenters. The molecule has 2 aliphatic rings. The van der Waals surface area contributed by atoms with Crippen LogP contribution >= 0.6 is 0 Å². The Balaban J connectivity index is 1.26. The molecule has 0 aromatic heterocycles. The third kappa shape index (κ3) is 8.83. The Bertz CT molecular complexity index is 1330. The lowest BCUT2D eigenvalue weighted by Gasteiger charge is -2.46. The highest BCUT2D eigenvalue weighted by Crippen LogP contribution is 2.35. The van der Waals surface area contributed by atoms with Gasteiger partial charge in [0.2, 0.25) is 0 Å². The maximum atomic E-state index is 6.73. The molecule has 5 atom stereocenters. The fourth-order valence-corrected chi connectivity index (χ4v) is 5.25. The quantitative estimate of drug-likeness (QED) is 0.153. The van der Waals surface area contributed by atoms with Crippen molar-refractivity contribution in [1.82, 2.24) is 0 Å². The van der Waals surface area contributed by atoms with Crippen molar-refractivity contribution in [3.05, 3.63) is 144 Å². The Morgan fingerprint density at radius 1 is 0.488 bits per heavy atom. The van der Waals surface area contributed by atoms with Crippen molar-refractivity contribution in [2.24, 2.45) is 0 Å². The minimum absolute atomic E-state index is 0.162. The van der Waals surface area contributed by atoms with Crippen LogP contribution in [0, 0.1) is 0 Å². The number of hydrogen-bond acceptors (Lipinski definition) is 6. The van der Waals surface area contributed by atoms with Crippen molar-refractivity contribution in [3.63, 3.8) is 0 Å². The monoisotopic (exact) mass is 580 g/mol. The van der Waals surface area contributed by atoms with Gasteiger partial charge in [-0.2, -0.15) is 0 Å². The average Bonchev–Trinajstić information content (AvgIpc) is 3.89. The second-order valence-electron chi connectivity index (χ2n) is 11.2. The molecule has 224 valence electrons. The molecular formula is C37H40O6. The average molecular weight is 581 g/mol. The first-order valence-corrected chi connectivity index (χ1v) is 15.2. The molecule has 4 aromatic rings. The van der Waals surface area contributed by atoms with Crippen LogP contribution in [0.4, 0.5) is 0 Å². The largest absolute Gasteiger partial charge is 0.374 e. The van der Waals surface area contributed by atoms with E-state index < -0.39 is 30.7 Å². The van der Waals surface area contributed by atoms with Gasteiger partial charge in [0.1, 0.15) is 24.4 Å².